The monoisotopic (exact) mass is 263 g/mol. The second kappa shape index (κ2) is 5.65. The number of benzene rings is 1. The molecule has 1 N–H and O–H groups in total. The lowest BCUT2D eigenvalue weighted by atomic mass is 10.2. The number of likely N-dealkylation sites (tertiary alicyclic amines) is 1. The molecule has 5 heteroatoms. The third-order valence-corrected chi connectivity index (χ3v) is 3.13. The van der Waals surface area contributed by atoms with Gasteiger partial charge in [-0.3, -0.25) is 4.79 Å². The molecule has 0 radical (unpaired) electrons. The fourth-order valence-electron chi connectivity index (χ4n) is 2.15. The lowest BCUT2D eigenvalue weighted by Gasteiger charge is -2.19. The Balaban J connectivity index is 2.09. The van der Waals surface area contributed by atoms with E-state index in [9.17, 15) is 14.0 Å². The third kappa shape index (κ3) is 2.99. The highest BCUT2D eigenvalue weighted by atomic mass is 19.1. The largest absolute Gasteiger partial charge is 0.480 e. The van der Waals surface area contributed by atoms with Gasteiger partial charge in [-0.25, -0.2) is 9.18 Å². The van der Waals surface area contributed by atoms with Crippen LogP contribution in [0.3, 0.4) is 0 Å². The van der Waals surface area contributed by atoms with Gasteiger partial charge in [-0.2, -0.15) is 0 Å². The summed E-state index contributed by atoms with van der Waals surface area (Å²) in [5.74, 6) is -1.80. The van der Waals surface area contributed by atoms with Crippen LogP contribution in [0.5, 0.6) is 0 Å². The second-order valence-corrected chi connectivity index (χ2v) is 4.38. The van der Waals surface area contributed by atoms with Gasteiger partial charge >= 0.3 is 5.97 Å². The van der Waals surface area contributed by atoms with Gasteiger partial charge in [-0.15, -0.1) is 0 Å². The highest BCUT2D eigenvalue weighted by Gasteiger charge is 2.32. The molecule has 2 rings (SSSR count). The molecule has 0 saturated carbocycles. The molecule has 0 bridgehead atoms. The minimum atomic E-state index is -0.995. The third-order valence-electron chi connectivity index (χ3n) is 3.13. The summed E-state index contributed by atoms with van der Waals surface area (Å²) in [5, 5.41) is 8.98. The minimum absolute atomic E-state index is 0.307. The number of nitrogens with zero attached hydrogens (tertiary/aromatic N) is 1. The van der Waals surface area contributed by atoms with Crippen molar-refractivity contribution in [2.24, 2.45) is 0 Å². The lowest BCUT2D eigenvalue weighted by Crippen LogP contribution is -2.39. The Hall–Kier alpha value is -2.17. The quantitative estimate of drug-likeness (QED) is 0.847. The van der Waals surface area contributed by atoms with E-state index in [4.69, 9.17) is 5.11 Å². The van der Waals surface area contributed by atoms with Crippen molar-refractivity contribution >= 4 is 18.0 Å². The average molecular weight is 263 g/mol. The Morgan fingerprint density at radius 3 is 2.79 bits per heavy atom. The predicted octanol–water partition coefficient (Wildman–Crippen LogP) is 1.91. The average Bonchev–Trinajstić information content (AvgIpc) is 2.87. The summed E-state index contributed by atoms with van der Waals surface area (Å²) in [4.78, 5) is 24.2. The van der Waals surface area contributed by atoms with E-state index in [0.717, 1.165) is 0 Å². The molecule has 1 heterocycles. The van der Waals surface area contributed by atoms with Gasteiger partial charge in [0.1, 0.15) is 11.9 Å². The maximum atomic E-state index is 13.4. The van der Waals surface area contributed by atoms with Crippen LogP contribution in [0.25, 0.3) is 6.08 Å². The molecule has 0 spiro atoms. The number of rotatable bonds is 3. The molecule has 100 valence electrons. The Bertz CT molecular complexity index is 527. The van der Waals surface area contributed by atoms with E-state index in [0.29, 0.717) is 24.9 Å². The number of carbonyl (C=O) groups is 2. The summed E-state index contributed by atoms with van der Waals surface area (Å²) in [5.41, 5.74) is 0.307. The number of halogens is 1. The Morgan fingerprint density at radius 2 is 2.11 bits per heavy atom. The van der Waals surface area contributed by atoms with Crippen molar-refractivity contribution in [2.75, 3.05) is 6.54 Å². The molecule has 0 unspecified atom stereocenters. The van der Waals surface area contributed by atoms with Gasteiger partial charge in [0.25, 0.3) is 0 Å². The standard InChI is InChI=1S/C14H14FNO3/c15-11-5-2-1-4-10(11)7-8-13(17)16-9-3-6-12(16)14(18)19/h1-2,4-5,7-8,12H,3,6,9H2,(H,18,19)/t12-/m1/s1. The highest BCUT2D eigenvalue weighted by molar-refractivity contribution is 5.94. The summed E-state index contributed by atoms with van der Waals surface area (Å²) in [6.45, 7) is 0.428. The number of amides is 1. The van der Waals surface area contributed by atoms with E-state index in [1.807, 2.05) is 0 Å². The normalized spacial score (nSPS) is 19.0. The first-order valence-corrected chi connectivity index (χ1v) is 6.05. The van der Waals surface area contributed by atoms with Crippen LogP contribution in [-0.4, -0.2) is 34.5 Å². The molecule has 0 aromatic heterocycles. The van der Waals surface area contributed by atoms with E-state index >= 15 is 0 Å². The molecule has 1 aliphatic rings. The molecular formula is C14H14FNO3. The molecule has 1 aromatic carbocycles. The van der Waals surface area contributed by atoms with Crippen LogP contribution < -0.4 is 0 Å². The first-order valence-electron chi connectivity index (χ1n) is 6.05. The number of carbonyl (C=O) groups excluding carboxylic acids is 1. The maximum absolute atomic E-state index is 13.4. The molecule has 1 aromatic rings. The van der Waals surface area contributed by atoms with Crippen LogP contribution in [0, 0.1) is 5.82 Å². The lowest BCUT2D eigenvalue weighted by molar-refractivity contribution is -0.146. The molecule has 1 aliphatic heterocycles. The zero-order valence-electron chi connectivity index (χ0n) is 10.3. The fraction of sp³-hybridized carbons (Fsp3) is 0.286. The zero-order chi connectivity index (χ0) is 13.8. The Kier molecular flexibility index (Phi) is 3.94. The molecule has 1 amide bonds. The zero-order valence-corrected chi connectivity index (χ0v) is 10.3. The Morgan fingerprint density at radius 1 is 1.37 bits per heavy atom. The van der Waals surface area contributed by atoms with Gasteiger partial charge in [-0.1, -0.05) is 18.2 Å². The van der Waals surface area contributed by atoms with E-state index in [1.54, 1.807) is 18.2 Å². The molecule has 0 aliphatic carbocycles. The summed E-state index contributed by atoms with van der Waals surface area (Å²) in [6.07, 6.45) is 3.74. The van der Waals surface area contributed by atoms with Gasteiger partial charge in [0.05, 0.1) is 0 Å². The van der Waals surface area contributed by atoms with E-state index in [-0.39, 0.29) is 0 Å². The van der Waals surface area contributed by atoms with Gasteiger partial charge in [-0.05, 0) is 25.0 Å². The van der Waals surface area contributed by atoms with Crippen LogP contribution in [0.4, 0.5) is 4.39 Å². The predicted molar refractivity (Wildman–Crippen MR) is 67.8 cm³/mol. The molecule has 1 fully saturated rings. The molecule has 1 atom stereocenters. The maximum Gasteiger partial charge on any atom is 0.326 e. The number of hydrogen-bond acceptors (Lipinski definition) is 2. The van der Waals surface area contributed by atoms with E-state index in [1.165, 1.54) is 23.1 Å². The summed E-state index contributed by atoms with van der Waals surface area (Å²) in [6, 6.07) is 5.33. The van der Waals surface area contributed by atoms with Gasteiger partial charge in [0, 0.05) is 18.2 Å². The molecule has 1 saturated heterocycles. The number of aliphatic carboxylic acids is 1. The fourth-order valence-corrected chi connectivity index (χ4v) is 2.15. The smallest absolute Gasteiger partial charge is 0.326 e. The summed E-state index contributed by atoms with van der Waals surface area (Å²) in [7, 11) is 0. The highest BCUT2D eigenvalue weighted by Crippen LogP contribution is 2.18. The SMILES string of the molecule is O=C(O)[C@H]1CCCN1C(=O)C=Cc1ccccc1F. The van der Waals surface area contributed by atoms with Gasteiger partial charge in [0.15, 0.2) is 0 Å². The summed E-state index contributed by atoms with van der Waals surface area (Å²) >= 11 is 0. The first kappa shape index (κ1) is 13.3. The Labute approximate surface area is 110 Å². The molecule has 19 heavy (non-hydrogen) atoms. The van der Waals surface area contributed by atoms with Crippen LogP contribution in [0.2, 0.25) is 0 Å². The number of carboxylic acids is 1. The van der Waals surface area contributed by atoms with E-state index in [2.05, 4.69) is 0 Å². The van der Waals surface area contributed by atoms with Crippen molar-refractivity contribution in [3.63, 3.8) is 0 Å². The van der Waals surface area contributed by atoms with Crippen molar-refractivity contribution in [2.45, 2.75) is 18.9 Å². The second-order valence-electron chi connectivity index (χ2n) is 4.38. The first-order chi connectivity index (χ1) is 9.09. The van der Waals surface area contributed by atoms with Crippen molar-refractivity contribution in [1.29, 1.82) is 0 Å². The number of carboxylic acid groups (broad SMARTS) is 1. The molecular weight excluding hydrogens is 249 g/mol. The van der Waals surface area contributed by atoms with Crippen molar-refractivity contribution < 1.29 is 19.1 Å². The van der Waals surface area contributed by atoms with Crippen molar-refractivity contribution in [1.82, 2.24) is 4.90 Å². The van der Waals surface area contributed by atoms with Crippen LogP contribution in [0.1, 0.15) is 18.4 Å². The minimum Gasteiger partial charge on any atom is -0.480 e. The van der Waals surface area contributed by atoms with Gasteiger partial charge in [0.2, 0.25) is 5.91 Å². The van der Waals surface area contributed by atoms with E-state index < -0.39 is 23.7 Å². The van der Waals surface area contributed by atoms with Gasteiger partial charge < -0.3 is 10.0 Å². The van der Waals surface area contributed by atoms with Crippen LogP contribution in [-0.2, 0) is 9.59 Å². The van der Waals surface area contributed by atoms with Crippen LogP contribution in [0.15, 0.2) is 30.3 Å². The molecule has 4 nitrogen and oxygen atoms in total. The number of hydrogen-bond donors (Lipinski definition) is 1. The summed E-state index contributed by atoms with van der Waals surface area (Å²) < 4.78 is 13.4. The van der Waals surface area contributed by atoms with Crippen molar-refractivity contribution in [3.8, 4) is 0 Å². The van der Waals surface area contributed by atoms with Crippen LogP contribution >= 0.6 is 0 Å². The topological polar surface area (TPSA) is 57.6 Å². The van der Waals surface area contributed by atoms with Crippen molar-refractivity contribution in [3.05, 3.63) is 41.7 Å².